The minimum absolute atomic E-state index is 0. The van der Waals surface area contributed by atoms with Crippen molar-refractivity contribution in [1.29, 1.82) is 0 Å². The zero-order valence-electron chi connectivity index (χ0n) is 8.85. The van der Waals surface area contributed by atoms with Crippen molar-refractivity contribution < 1.29 is 63.9 Å². The molecule has 1 aliphatic carbocycles. The molecule has 16 heavy (non-hydrogen) atoms. The minimum atomic E-state index is -1.14. The molecular formula is C10H14AcNO4-. The van der Waals surface area contributed by atoms with E-state index in [9.17, 15) is 9.59 Å². The molecule has 2 unspecified atom stereocenters. The van der Waals surface area contributed by atoms with Crippen LogP contribution in [0.4, 0.5) is 0 Å². The average molecular weight is 439 g/mol. The van der Waals surface area contributed by atoms with E-state index < -0.39 is 18.1 Å². The van der Waals surface area contributed by atoms with Crippen molar-refractivity contribution in [2.24, 2.45) is 0 Å². The van der Waals surface area contributed by atoms with Crippen molar-refractivity contribution in [2.75, 3.05) is 0 Å². The van der Waals surface area contributed by atoms with Crippen molar-refractivity contribution in [3.05, 3.63) is 17.4 Å². The quantitative estimate of drug-likeness (QED) is 0.666. The number of carboxylic acid groups (broad SMARTS) is 1. The number of ketones is 1. The molecule has 1 radical (unpaired) electrons. The molecule has 1 rings (SSSR count). The predicted octanol–water partition coefficient (Wildman–Crippen LogP) is 0.922. The van der Waals surface area contributed by atoms with E-state index in [2.05, 4.69) is 0 Å². The molecule has 0 bridgehead atoms. The summed E-state index contributed by atoms with van der Waals surface area (Å²) < 4.78 is 0. The van der Waals surface area contributed by atoms with E-state index >= 15 is 0 Å². The molecule has 0 heterocycles. The van der Waals surface area contributed by atoms with Gasteiger partial charge in [-0.2, -0.15) is 0 Å². The van der Waals surface area contributed by atoms with Crippen molar-refractivity contribution >= 4 is 11.8 Å². The molecule has 0 spiro atoms. The van der Waals surface area contributed by atoms with Gasteiger partial charge in [0.1, 0.15) is 0 Å². The topological polar surface area (TPSA) is 98.4 Å². The molecular weight excluding hydrogens is 425 g/mol. The number of hydrogen-bond donors (Lipinski definition) is 2. The Morgan fingerprint density at radius 2 is 2.25 bits per heavy atom. The Morgan fingerprint density at radius 1 is 1.62 bits per heavy atom. The summed E-state index contributed by atoms with van der Waals surface area (Å²) in [4.78, 5) is 21.5. The van der Waals surface area contributed by atoms with E-state index in [1.165, 1.54) is 6.08 Å². The van der Waals surface area contributed by atoms with Gasteiger partial charge in [0, 0.05) is 50.5 Å². The van der Waals surface area contributed by atoms with Gasteiger partial charge in [-0.1, -0.05) is 6.42 Å². The van der Waals surface area contributed by atoms with E-state index in [1.54, 1.807) is 0 Å². The minimum Gasteiger partial charge on any atom is -0.665 e. The number of rotatable bonds is 5. The Bertz CT molecular complexity index is 303. The Hall–Kier alpha value is 0.242. The van der Waals surface area contributed by atoms with Crippen molar-refractivity contribution in [2.45, 2.75) is 37.8 Å². The molecule has 0 fully saturated rings. The normalized spacial score (nSPS) is 21.2. The molecule has 0 aliphatic heterocycles. The third-order valence-corrected chi connectivity index (χ3v) is 2.38. The zero-order valence-corrected chi connectivity index (χ0v) is 13.6. The molecule has 6 heteroatoms. The second kappa shape index (κ2) is 7.54. The number of allylic oxidation sites excluding steroid dienone is 1. The predicted molar refractivity (Wildman–Crippen MR) is 53.3 cm³/mol. The van der Waals surface area contributed by atoms with Crippen LogP contribution in [-0.4, -0.2) is 34.1 Å². The molecule has 5 nitrogen and oxygen atoms in total. The first-order chi connectivity index (χ1) is 7.00. The summed E-state index contributed by atoms with van der Waals surface area (Å²) in [6.45, 7) is 0. The number of carbonyl (C=O) groups excluding carboxylic acids is 1. The summed E-state index contributed by atoms with van der Waals surface area (Å²) in [5.74, 6) is -1.21. The molecule has 2 atom stereocenters. The number of aliphatic hydroxyl groups is 1. The molecule has 3 N–H and O–H groups in total. The van der Waals surface area contributed by atoms with Gasteiger partial charge >= 0.3 is 0 Å². The van der Waals surface area contributed by atoms with Crippen LogP contribution < -0.4 is 0 Å². The first-order valence-corrected chi connectivity index (χ1v) is 4.86. The van der Waals surface area contributed by atoms with Crippen LogP contribution in [0.3, 0.4) is 0 Å². The summed E-state index contributed by atoms with van der Waals surface area (Å²) in [7, 11) is 0. The number of aliphatic carboxylic acids is 1. The van der Waals surface area contributed by atoms with Gasteiger partial charge in [0.15, 0.2) is 5.78 Å². The van der Waals surface area contributed by atoms with Gasteiger partial charge in [-0.25, -0.2) is 0 Å². The summed E-state index contributed by atoms with van der Waals surface area (Å²) in [5.41, 5.74) is 7.71. The van der Waals surface area contributed by atoms with Gasteiger partial charge in [-0.3, -0.25) is 9.59 Å². The number of nitrogens with one attached hydrogen (secondary N) is 1. The maximum absolute atomic E-state index is 11.2. The average Bonchev–Trinajstić information content (AvgIpc) is 2.45. The largest absolute Gasteiger partial charge is 0.665 e. The van der Waals surface area contributed by atoms with Crippen LogP contribution in [0.1, 0.15) is 25.7 Å². The third kappa shape index (κ3) is 5.05. The van der Waals surface area contributed by atoms with E-state index in [0.717, 1.165) is 0 Å². The van der Waals surface area contributed by atoms with Gasteiger partial charge in [0.2, 0.25) is 0 Å². The molecule has 0 saturated heterocycles. The van der Waals surface area contributed by atoms with E-state index in [1.807, 2.05) is 0 Å². The maximum atomic E-state index is 11.2. The summed E-state index contributed by atoms with van der Waals surface area (Å²) in [5, 5.41) is 17.6. The van der Waals surface area contributed by atoms with Crippen LogP contribution in [0, 0.1) is 44.1 Å². The summed E-state index contributed by atoms with van der Waals surface area (Å²) >= 11 is 0. The first-order valence-electron chi connectivity index (χ1n) is 4.86. The van der Waals surface area contributed by atoms with E-state index in [-0.39, 0.29) is 62.7 Å². The van der Waals surface area contributed by atoms with E-state index in [4.69, 9.17) is 15.9 Å². The molecule has 87 valence electrons. The SMILES string of the molecule is [Ac].[NH-]C(CCCC1=CC(O)CC1=O)C(=O)O. The van der Waals surface area contributed by atoms with Crippen LogP contribution in [0.15, 0.2) is 11.6 Å². The number of carbonyl (C=O) groups is 2. The Kier molecular flexibility index (Phi) is 7.66. The first kappa shape index (κ1) is 16.2. The second-order valence-corrected chi connectivity index (χ2v) is 3.67. The Balaban J connectivity index is 0.00000225. The molecule has 0 aromatic carbocycles. The second-order valence-electron chi connectivity index (χ2n) is 3.67. The van der Waals surface area contributed by atoms with Gasteiger partial charge in [0.05, 0.1) is 6.10 Å². The number of aliphatic hydroxyl groups excluding tert-OH is 1. The van der Waals surface area contributed by atoms with Crippen LogP contribution >= 0.6 is 0 Å². The Labute approximate surface area is 130 Å². The fourth-order valence-corrected chi connectivity index (χ4v) is 1.55. The maximum Gasteiger partial charge on any atom is 0.285 e. The monoisotopic (exact) mass is 439 g/mol. The molecule has 0 aromatic rings. The number of Topliss-reactive ketones (excluding diaryl/α,β-unsaturated/α-hetero) is 1. The fourth-order valence-electron chi connectivity index (χ4n) is 1.55. The smallest absolute Gasteiger partial charge is 0.285 e. The van der Waals surface area contributed by atoms with E-state index in [0.29, 0.717) is 18.4 Å². The summed E-state index contributed by atoms with van der Waals surface area (Å²) in [6, 6.07) is -1.12. The van der Waals surface area contributed by atoms with Gasteiger partial charge in [0.25, 0.3) is 5.97 Å². The molecule has 0 saturated carbocycles. The van der Waals surface area contributed by atoms with Crippen molar-refractivity contribution in [3.8, 4) is 0 Å². The fraction of sp³-hybridized carbons (Fsp3) is 0.600. The summed E-state index contributed by atoms with van der Waals surface area (Å²) in [6.07, 6.45) is 2.15. The number of hydrogen-bond acceptors (Lipinski definition) is 3. The van der Waals surface area contributed by atoms with Gasteiger partial charge in [-0.15, -0.1) is 0 Å². The van der Waals surface area contributed by atoms with Crippen LogP contribution in [-0.2, 0) is 9.59 Å². The number of carboxylic acids is 1. The Morgan fingerprint density at radius 3 is 2.69 bits per heavy atom. The van der Waals surface area contributed by atoms with Crippen molar-refractivity contribution in [1.82, 2.24) is 0 Å². The molecule has 0 amide bonds. The zero-order chi connectivity index (χ0) is 11.4. The van der Waals surface area contributed by atoms with Crippen LogP contribution in [0.2, 0.25) is 0 Å². The van der Waals surface area contributed by atoms with Crippen LogP contribution in [0.25, 0.3) is 5.73 Å². The van der Waals surface area contributed by atoms with Crippen LogP contribution in [0.5, 0.6) is 0 Å². The molecule has 0 aromatic heterocycles. The van der Waals surface area contributed by atoms with Crippen molar-refractivity contribution in [3.63, 3.8) is 0 Å². The van der Waals surface area contributed by atoms with Gasteiger partial charge < -0.3 is 15.9 Å². The standard InChI is InChI=1S/C10H14NO4.Ac/c11-8(10(14)15)3-1-2-6-4-7(12)5-9(6)13;/h4,7-8,11-12H,1-3,5H2,(H,14,15);/q-1;. The van der Waals surface area contributed by atoms with Gasteiger partial charge in [-0.05, 0) is 30.5 Å². The molecule has 1 aliphatic rings. The third-order valence-electron chi connectivity index (χ3n) is 2.38.